The highest BCUT2D eigenvalue weighted by Crippen LogP contribution is 2.23. The topological polar surface area (TPSA) is 89.1 Å². The molecule has 4 heterocycles. The number of hydrogen-bond acceptors (Lipinski definition) is 6. The van der Waals surface area contributed by atoms with Gasteiger partial charge in [-0.05, 0) is 12.1 Å². The average Bonchev–Trinajstić information content (AvgIpc) is 3.33. The van der Waals surface area contributed by atoms with E-state index >= 15 is 0 Å². The van der Waals surface area contributed by atoms with Crippen LogP contribution in [0.15, 0.2) is 30.0 Å². The van der Waals surface area contributed by atoms with Crippen molar-refractivity contribution < 1.29 is 9.90 Å². The van der Waals surface area contributed by atoms with E-state index < -0.39 is 6.10 Å². The Morgan fingerprint density at radius 3 is 3.04 bits per heavy atom. The molecule has 1 atom stereocenters. The Hall–Kier alpha value is -2.52. The van der Waals surface area contributed by atoms with Gasteiger partial charge in [-0.25, -0.2) is 0 Å². The van der Waals surface area contributed by atoms with Crippen LogP contribution < -0.4 is 0 Å². The largest absolute Gasteiger partial charge is 0.380 e. The molecule has 3 aromatic heterocycles. The maximum atomic E-state index is 12.5. The summed E-state index contributed by atoms with van der Waals surface area (Å²) in [6.45, 7) is 1.75. The maximum absolute atomic E-state index is 12.5. The van der Waals surface area contributed by atoms with Crippen molar-refractivity contribution in [2.24, 2.45) is 7.05 Å². The zero-order valence-corrected chi connectivity index (χ0v) is 14.6. The molecule has 0 aromatic carbocycles. The number of fused-ring (bicyclic) bond motifs is 1. The van der Waals surface area contributed by atoms with E-state index in [0.717, 1.165) is 10.6 Å². The molecule has 0 saturated carbocycles. The van der Waals surface area contributed by atoms with Gasteiger partial charge in [-0.2, -0.15) is 10.2 Å². The molecular formula is C16H18N6O2S. The van der Waals surface area contributed by atoms with E-state index in [0.29, 0.717) is 37.4 Å². The van der Waals surface area contributed by atoms with Gasteiger partial charge in [-0.1, -0.05) is 0 Å². The Kier molecular flexibility index (Phi) is 4.10. The second-order valence-electron chi connectivity index (χ2n) is 6.03. The number of aryl methyl sites for hydroxylation is 1. The molecule has 8 nitrogen and oxygen atoms in total. The first-order valence-electron chi connectivity index (χ1n) is 7.99. The van der Waals surface area contributed by atoms with Gasteiger partial charge in [0.15, 0.2) is 0 Å². The lowest BCUT2D eigenvalue weighted by Gasteiger charge is -2.27. The molecule has 1 aliphatic rings. The lowest BCUT2D eigenvalue weighted by molar-refractivity contribution is -0.131. The van der Waals surface area contributed by atoms with Crippen LogP contribution in [0.25, 0.3) is 0 Å². The molecule has 9 heteroatoms. The molecule has 0 unspecified atom stereocenters. The normalized spacial score (nSPS) is 15.2. The first-order valence-corrected chi connectivity index (χ1v) is 8.87. The van der Waals surface area contributed by atoms with Gasteiger partial charge >= 0.3 is 0 Å². The summed E-state index contributed by atoms with van der Waals surface area (Å²) >= 11 is 1.49. The summed E-state index contributed by atoms with van der Waals surface area (Å²) in [5.74, 6) is 0.0884. The van der Waals surface area contributed by atoms with Crippen LogP contribution in [-0.2, 0) is 31.4 Å². The van der Waals surface area contributed by atoms with E-state index in [-0.39, 0.29) is 5.91 Å². The number of hydrogen-bond donors (Lipinski definition) is 1. The van der Waals surface area contributed by atoms with Crippen LogP contribution in [-0.4, -0.2) is 47.0 Å². The fraction of sp³-hybridized carbons (Fsp3) is 0.375. The lowest BCUT2D eigenvalue weighted by atomic mass is 10.1. The Morgan fingerprint density at radius 2 is 2.32 bits per heavy atom. The van der Waals surface area contributed by atoms with E-state index in [9.17, 15) is 9.90 Å². The zero-order valence-electron chi connectivity index (χ0n) is 13.7. The van der Waals surface area contributed by atoms with Crippen LogP contribution in [0.4, 0.5) is 0 Å². The number of aromatic nitrogens is 5. The van der Waals surface area contributed by atoms with Crippen molar-refractivity contribution in [3.8, 4) is 0 Å². The van der Waals surface area contributed by atoms with Gasteiger partial charge in [0, 0.05) is 30.9 Å². The molecule has 4 rings (SSSR count). The van der Waals surface area contributed by atoms with Crippen LogP contribution in [0, 0.1) is 0 Å². The Morgan fingerprint density at radius 1 is 1.44 bits per heavy atom. The highest BCUT2D eigenvalue weighted by atomic mass is 32.1. The Bertz CT molecular complexity index is 884. The van der Waals surface area contributed by atoms with Crippen LogP contribution in [0.5, 0.6) is 0 Å². The van der Waals surface area contributed by atoms with Gasteiger partial charge in [-0.15, -0.1) is 11.3 Å². The van der Waals surface area contributed by atoms with Crippen molar-refractivity contribution in [3.05, 3.63) is 52.0 Å². The molecule has 1 aliphatic heterocycles. The van der Waals surface area contributed by atoms with E-state index in [1.54, 1.807) is 35.7 Å². The summed E-state index contributed by atoms with van der Waals surface area (Å²) < 4.78 is 3.50. The molecule has 1 amide bonds. The molecule has 0 spiro atoms. The summed E-state index contributed by atoms with van der Waals surface area (Å²) in [7, 11) is 1.79. The summed E-state index contributed by atoms with van der Waals surface area (Å²) in [6, 6.07) is 3.64. The van der Waals surface area contributed by atoms with Crippen LogP contribution in [0.1, 0.15) is 28.1 Å². The summed E-state index contributed by atoms with van der Waals surface area (Å²) in [4.78, 5) is 19.3. The predicted octanol–water partition coefficient (Wildman–Crippen LogP) is 0.740. The Balaban J connectivity index is 1.49. The number of carbonyl (C=O) groups excluding carboxylic acids is 1. The van der Waals surface area contributed by atoms with Crippen molar-refractivity contribution in [3.63, 3.8) is 0 Å². The Labute approximate surface area is 148 Å². The summed E-state index contributed by atoms with van der Waals surface area (Å²) in [5, 5.41) is 19.1. The molecule has 1 N–H and O–H groups in total. The smallest absolute Gasteiger partial charge is 0.228 e. The highest BCUT2D eigenvalue weighted by molar-refractivity contribution is 7.09. The van der Waals surface area contributed by atoms with Gasteiger partial charge in [-0.3, -0.25) is 19.1 Å². The monoisotopic (exact) mass is 358 g/mol. The number of aliphatic hydroxyl groups excluding tert-OH is 1. The van der Waals surface area contributed by atoms with Crippen molar-refractivity contribution >= 4 is 17.2 Å². The molecule has 0 aliphatic carbocycles. The molecule has 3 aromatic rings. The first kappa shape index (κ1) is 16.0. The SMILES string of the molecule is Cn1nccc1[C@H](O)c1cc2n(n1)CCN(C(=O)Cc1cncs1)C2. The fourth-order valence-electron chi connectivity index (χ4n) is 3.03. The standard InChI is InChI=1S/C16H18N6O2S/c1-20-14(2-3-18-20)16(24)13-6-11-9-21(4-5-22(11)19-13)15(23)7-12-8-17-10-25-12/h2-3,6,8,10,16,24H,4-5,7,9H2,1H3/t16-/m1/s1. The fourth-order valence-corrected chi connectivity index (χ4v) is 3.61. The van der Waals surface area contributed by atoms with Gasteiger partial charge in [0.25, 0.3) is 0 Å². The second kappa shape index (κ2) is 6.41. The second-order valence-corrected chi connectivity index (χ2v) is 7.00. The minimum absolute atomic E-state index is 0.0884. The van der Waals surface area contributed by atoms with Crippen molar-refractivity contribution in [1.29, 1.82) is 0 Å². The van der Waals surface area contributed by atoms with Crippen LogP contribution in [0.3, 0.4) is 0 Å². The minimum Gasteiger partial charge on any atom is -0.380 e. The van der Waals surface area contributed by atoms with Gasteiger partial charge in [0.2, 0.25) is 5.91 Å². The van der Waals surface area contributed by atoms with Crippen molar-refractivity contribution in [1.82, 2.24) is 29.4 Å². The first-order chi connectivity index (χ1) is 12.1. The third-order valence-corrected chi connectivity index (χ3v) is 5.18. The quantitative estimate of drug-likeness (QED) is 0.743. The number of rotatable bonds is 4. The van der Waals surface area contributed by atoms with Gasteiger partial charge in [0.05, 0.1) is 42.1 Å². The molecule has 0 radical (unpaired) electrons. The van der Waals surface area contributed by atoms with Gasteiger partial charge in [0.1, 0.15) is 6.10 Å². The average molecular weight is 358 g/mol. The lowest BCUT2D eigenvalue weighted by Crippen LogP contribution is -2.39. The summed E-state index contributed by atoms with van der Waals surface area (Å²) in [6.07, 6.45) is 2.93. The number of aliphatic hydroxyl groups is 1. The zero-order chi connectivity index (χ0) is 17.4. The number of carbonyl (C=O) groups is 1. The van der Waals surface area contributed by atoms with E-state index in [4.69, 9.17) is 0 Å². The third kappa shape index (κ3) is 3.08. The molecule has 0 fully saturated rings. The van der Waals surface area contributed by atoms with E-state index in [2.05, 4.69) is 15.2 Å². The molecule has 0 bridgehead atoms. The molecule has 0 saturated heterocycles. The van der Waals surface area contributed by atoms with Crippen LogP contribution >= 0.6 is 11.3 Å². The minimum atomic E-state index is -0.827. The van der Waals surface area contributed by atoms with E-state index in [1.807, 2.05) is 15.6 Å². The maximum Gasteiger partial charge on any atom is 0.228 e. The third-order valence-electron chi connectivity index (χ3n) is 4.40. The predicted molar refractivity (Wildman–Crippen MR) is 90.7 cm³/mol. The van der Waals surface area contributed by atoms with E-state index in [1.165, 1.54) is 11.3 Å². The molecule has 25 heavy (non-hydrogen) atoms. The van der Waals surface area contributed by atoms with Gasteiger partial charge < -0.3 is 10.0 Å². The highest BCUT2D eigenvalue weighted by Gasteiger charge is 2.25. The van der Waals surface area contributed by atoms with Crippen molar-refractivity contribution in [2.45, 2.75) is 25.6 Å². The number of amides is 1. The van der Waals surface area contributed by atoms with Crippen molar-refractivity contribution in [2.75, 3.05) is 6.54 Å². The van der Waals surface area contributed by atoms with Crippen LogP contribution in [0.2, 0.25) is 0 Å². The number of thiazole rings is 1. The summed E-state index contributed by atoms with van der Waals surface area (Å²) in [5.41, 5.74) is 3.93. The molecule has 130 valence electrons. The molecular weight excluding hydrogens is 340 g/mol. The number of nitrogens with zero attached hydrogens (tertiary/aromatic N) is 6.